The van der Waals surface area contributed by atoms with E-state index in [0.717, 1.165) is 14.2 Å². The molecule has 2 N–H and O–H groups in total. The normalized spacial score (nSPS) is 16.8. The van der Waals surface area contributed by atoms with Crippen molar-refractivity contribution in [2.75, 3.05) is 14.2 Å². The van der Waals surface area contributed by atoms with Gasteiger partial charge in [-0.2, -0.15) is 19.8 Å². The van der Waals surface area contributed by atoms with Crippen LogP contribution >= 0.6 is 0 Å². The average Bonchev–Trinajstić information content (AvgIpc) is 2.81. The summed E-state index contributed by atoms with van der Waals surface area (Å²) in [6, 6.07) is 0. The zero-order chi connectivity index (χ0) is 17.3. The van der Waals surface area contributed by atoms with Gasteiger partial charge in [-0.15, -0.1) is 0 Å². The molecule has 0 bridgehead atoms. The van der Waals surface area contributed by atoms with Gasteiger partial charge in [-0.25, -0.2) is 17.2 Å². The first-order valence-corrected chi connectivity index (χ1v) is 6.48. The van der Waals surface area contributed by atoms with E-state index < -0.39 is 0 Å². The van der Waals surface area contributed by atoms with Gasteiger partial charge in [0.2, 0.25) is 0 Å². The first-order valence-electron chi connectivity index (χ1n) is 6.48. The second-order valence-corrected chi connectivity index (χ2v) is 3.98. The van der Waals surface area contributed by atoms with Crippen LogP contribution in [0.2, 0.25) is 0 Å². The predicted octanol–water partition coefficient (Wildman–Crippen LogP) is 1.60. The summed E-state index contributed by atoms with van der Waals surface area (Å²) in [7, 11) is 1.50. The Morgan fingerprint density at radius 3 is 1.77 bits per heavy atom. The van der Waals surface area contributed by atoms with Crippen molar-refractivity contribution in [1.82, 2.24) is 0 Å². The second-order valence-electron chi connectivity index (χ2n) is 3.98. The summed E-state index contributed by atoms with van der Waals surface area (Å²) in [6.07, 6.45) is 8.91. The van der Waals surface area contributed by atoms with Gasteiger partial charge in [0.25, 0.3) is 0 Å². The van der Waals surface area contributed by atoms with Gasteiger partial charge in [0.1, 0.15) is 0 Å². The van der Waals surface area contributed by atoms with Crippen LogP contribution in [0.5, 0.6) is 0 Å². The molecule has 0 saturated heterocycles. The van der Waals surface area contributed by atoms with E-state index in [2.05, 4.69) is 19.9 Å². The Bertz CT molecular complexity index is 326. The van der Waals surface area contributed by atoms with Gasteiger partial charge in [0.15, 0.2) is 0 Å². The molecule has 2 aliphatic carbocycles. The van der Waals surface area contributed by atoms with Crippen LogP contribution in [-0.2, 0) is 31.3 Å². The molecule has 0 heterocycles. The molecule has 22 heavy (non-hydrogen) atoms. The van der Waals surface area contributed by atoms with Crippen molar-refractivity contribution in [2.45, 2.75) is 39.5 Å². The van der Waals surface area contributed by atoms with E-state index in [1.807, 2.05) is 0 Å². The molecule has 0 saturated carbocycles. The zero-order valence-electron chi connectivity index (χ0n) is 13.7. The van der Waals surface area contributed by atoms with Crippen LogP contribution in [0.25, 0.3) is 11.5 Å². The molecule has 6 nitrogen and oxygen atoms in total. The Balaban J connectivity index is -0.000000126. The van der Waals surface area contributed by atoms with Crippen LogP contribution in [-0.4, -0.2) is 27.0 Å². The summed E-state index contributed by atoms with van der Waals surface area (Å²) in [4.78, 5) is 16.9. The third-order valence-electron chi connectivity index (χ3n) is 3.03. The van der Waals surface area contributed by atoms with Crippen LogP contribution in [0.3, 0.4) is 0 Å². The van der Waals surface area contributed by atoms with Crippen molar-refractivity contribution < 1.29 is 41.5 Å². The van der Waals surface area contributed by atoms with Crippen molar-refractivity contribution in [3.63, 3.8) is 0 Å². The van der Waals surface area contributed by atoms with Crippen molar-refractivity contribution in [1.29, 1.82) is 0 Å². The minimum Gasteiger partial charge on any atom is -0.857 e. The number of nitrogens with one attached hydrogen (secondary N) is 2. The standard InChI is InChI=1S/C11H15.2CH3NO.2CH3O.Ti/c1-8-7-10-5-3-4-6-11(10)9(8)2;2*2-1-3;2*1-2;/h9H,3-6H2,1-2H3;2*1H,(H2,2,3);2*1H3;/q-1;;;2*-1;+2/p-2. The number of hydrogen-bond donors (Lipinski definition) is 0. The summed E-state index contributed by atoms with van der Waals surface area (Å²) in [5.41, 5.74) is 15.7. The maximum atomic E-state index is 8.47. The van der Waals surface area contributed by atoms with Gasteiger partial charge in [0, 0.05) is 12.8 Å². The Labute approximate surface area is 148 Å². The monoisotopic (exact) mass is 345 g/mol. The molecular formula is C15H25N2O4Ti-3. The van der Waals surface area contributed by atoms with Gasteiger partial charge in [-0.3, -0.25) is 0 Å². The van der Waals surface area contributed by atoms with Crippen LogP contribution in [0.1, 0.15) is 39.5 Å². The largest absolute Gasteiger partial charge is 2.00 e. The number of hydrogen-bond acceptors (Lipinski definition) is 4. The quantitative estimate of drug-likeness (QED) is 0.375. The third kappa shape index (κ3) is 12.8. The summed E-state index contributed by atoms with van der Waals surface area (Å²) >= 11 is 0. The SMILES string of the molecule is CC1=[C-]C2=C(CCCC2)C1C.C[O-].C[O-].[NH-]C=O.[NH-]C=O.[Ti+2]. The molecule has 0 spiro atoms. The predicted molar refractivity (Wildman–Crippen MR) is 79.7 cm³/mol. The van der Waals surface area contributed by atoms with E-state index in [1.165, 1.54) is 31.3 Å². The van der Waals surface area contributed by atoms with Crippen LogP contribution < -0.4 is 10.2 Å². The molecule has 2 aliphatic rings. The number of carbonyl (C=O) groups excluding carboxylic acids is 2. The Morgan fingerprint density at radius 2 is 1.41 bits per heavy atom. The minimum absolute atomic E-state index is 0. The fourth-order valence-corrected chi connectivity index (χ4v) is 2.16. The van der Waals surface area contributed by atoms with E-state index in [0.29, 0.717) is 5.92 Å². The number of amides is 2. The van der Waals surface area contributed by atoms with Gasteiger partial charge < -0.3 is 31.3 Å². The molecule has 0 aromatic carbocycles. The molecule has 7 heteroatoms. The van der Waals surface area contributed by atoms with Gasteiger partial charge >= 0.3 is 21.7 Å². The molecule has 2 amide bonds. The molecule has 0 aliphatic heterocycles. The topological polar surface area (TPSA) is 128 Å². The Kier molecular flexibility index (Phi) is 29.6. The zero-order valence-corrected chi connectivity index (χ0v) is 15.3. The molecular weight excluding hydrogens is 320 g/mol. The van der Waals surface area contributed by atoms with Crippen molar-refractivity contribution in [2.24, 2.45) is 5.92 Å². The molecule has 126 valence electrons. The van der Waals surface area contributed by atoms with Crippen LogP contribution in [0, 0.1) is 12.0 Å². The van der Waals surface area contributed by atoms with Crippen LogP contribution in [0.4, 0.5) is 0 Å². The van der Waals surface area contributed by atoms with Gasteiger partial charge in [0.05, 0.1) is 0 Å². The fraction of sp³-hybridized carbons (Fsp3) is 0.600. The fourth-order valence-electron chi connectivity index (χ4n) is 2.16. The third-order valence-corrected chi connectivity index (χ3v) is 3.03. The maximum absolute atomic E-state index is 8.47. The number of carbonyl (C=O) groups is 2. The summed E-state index contributed by atoms with van der Waals surface area (Å²) in [5.74, 6) is 0.713. The van der Waals surface area contributed by atoms with Crippen molar-refractivity contribution in [3.8, 4) is 0 Å². The van der Waals surface area contributed by atoms with E-state index in [4.69, 9.17) is 31.3 Å². The molecule has 0 aromatic rings. The number of allylic oxidation sites excluding steroid dienone is 4. The summed E-state index contributed by atoms with van der Waals surface area (Å²) in [5, 5.41) is 16.5. The minimum atomic E-state index is 0. The Morgan fingerprint density at radius 1 is 1.05 bits per heavy atom. The smallest absolute Gasteiger partial charge is 0.857 e. The molecule has 0 fully saturated rings. The van der Waals surface area contributed by atoms with Gasteiger partial charge in [-0.1, -0.05) is 45.4 Å². The molecule has 0 radical (unpaired) electrons. The van der Waals surface area contributed by atoms with E-state index in [9.17, 15) is 0 Å². The maximum Gasteiger partial charge on any atom is 2.00 e. The summed E-state index contributed by atoms with van der Waals surface area (Å²) < 4.78 is 0. The first-order chi connectivity index (χ1) is 10.1. The van der Waals surface area contributed by atoms with E-state index >= 15 is 0 Å². The van der Waals surface area contributed by atoms with Crippen LogP contribution in [0.15, 0.2) is 16.7 Å². The molecule has 1 atom stereocenters. The molecule has 1 unspecified atom stereocenters. The van der Waals surface area contributed by atoms with E-state index in [-0.39, 0.29) is 34.5 Å². The second kappa shape index (κ2) is 22.3. The number of rotatable bonds is 0. The van der Waals surface area contributed by atoms with Crippen molar-refractivity contribution >= 4 is 12.8 Å². The van der Waals surface area contributed by atoms with E-state index in [1.54, 1.807) is 11.1 Å². The molecule has 2 rings (SSSR count). The summed E-state index contributed by atoms with van der Waals surface area (Å²) in [6.45, 7) is 4.53. The van der Waals surface area contributed by atoms with Crippen molar-refractivity contribution in [3.05, 3.63) is 34.3 Å². The molecule has 0 aromatic heterocycles. The first kappa shape index (κ1) is 29.1. The Hall–Kier alpha value is -0.946. The average molecular weight is 345 g/mol. The van der Waals surface area contributed by atoms with Gasteiger partial charge in [-0.05, 0) is 0 Å².